The van der Waals surface area contributed by atoms with E-state index in [1.165, 1.54) is 7.11 Å². The van der Waals surface area contributed by atoms with Crippen molar-refractivity contribution in [3.63, 3.8) is 0 Å². The van der Waals surface area contributed by atoms with Crippen molar-refractivity contribution in [1.82, 2.24) is 10.2 Å². The summed E-state index contributed by atoms with van der Waals surface area (Å²) in [5, 5.41) is 11.3. The number of aliphatic carboxylic acids is 1. The highest BCUT2D eigenvalue weighted by atomic mass is 32.2. The van der Waals surface area contributed by atoms with Crippen molar-refractivity contribution < 1.29 is 42.7 Å². The number of carboxylic acid groups (broad SMARTS) is 1. The summed E-state index contributed by atoms with van der Waals surface area (Å²) in [5.41, 5.74) is 0.369. The minimum Gasteiger partial charge on any atom is -0.497 e. The number of benzene rings is 2. The summed E-state index contributed by atoms with van der Waals surface area (Å²) in [6.45, 7) is -0.911. The quantitative estimate of drug-likeness (QED) is 0.334. The van der Waals surface area contributed by atoms with E-state index in [-0.39, 0.29) is 17.7 Å². The molecule has 12 heteroatoms. The first-order valence-corrected chi connectivity index (χ1v) is 12.6. The Morgan fingerprint density at radius 3 is 2.41 bits per heavy atom. The van der Waals surface area contributed by atoms with Crippen LogP contribution < -0.4 is 14.8 Å². The number of fused-ring (bicyclic) bond motifs is 1. The molecular formula is C25H24N2O9S. The van der Waals surface area contributed by atoms with E-state index in [2.05, 4.69) is 5.32 Å². The van der Waals surface area contributed by atoms with Gasteiger partial charge in [-0.1, -0.05) is 30.3 Å². The molecule has 0 bridgehead atoms. The summed E-state index contributed by atoms with van der Waals surface area (Å²) in [5.74, 6) is -2.55. The number of nitrogens with zero attached hydrogens (tertiary/aromatic N) is 1. The predicted octanol–water partition coefficient (Wildman–Crippen LogP) is 0.614. The normalized spacial score (nSPS) is 20.4. The van der Waals surface area contributed by atoms with Gasteiger partial charge in [0.1, 0.15) is 35.2 Å². The maximum absolute atomic E-state index is 12.9. The van der Waals surface area contributed by atoms with Crippen LogP contribution in [0, 0.1) is 0 Å². The lowest BCUT2D eigenvalue weighted by Gasteiger charge is -2.49. The summed E-state index contributed by atoms with van der Waals surface area (Å²) in [4.78, 5) is 50.2. The van der Waals surface area contributed by atoms with Crippen LogP contribution in [0.25, 0.3) is 0 Å². The molecule has 37 heavy (non-hydrogen) atoms. The largest absolute Gasteiger partial charge is 0.497 e. The van der Waals surface area contributed by atoms with E-state index in [0.717, 1.165) is 10.5 Å². The van der Waals surface area contributed by atoms with Gasteiger partial charge in [-0.3, -0.25) is 18.7 Å². The van der Waals surface area contributed by atoms with Gasteiger partial charge in [-0.15, -0.1) is 0 Å². The maximum Gasteiger partial charge on any atom is 0.352 e. The molecule has 2 aliphatic rings. The average Bonchev–Trinajstić information content (AvgIpc) is 2.89. The van der Waals surface area contributed by atoms with Gasteiger partial charge in [0.15, 0.2) is 6.61 Å². The number of nitrogens with one attached hydrogen (secondary N) is 1. The molecule has 0 spiro atoms. The maximum atomic E-state index is 12.9. The number of hydrogen-bond donors (Lipinski definition) is 2. The summed E-state index contributed by atoms with van der Waals surface area (Å²) in [6.07, 6.45) is 0.0192. The van der Waals surface area contributed by atoms with Gasteiger partial charge in [-0.05, 0) is 29.8 Å². The van der Waals surface area contributed by atoms with Crippen molar-refractivity contribution in [1.29, 1.82) is 0 Å². The van der Waals surface area contributed by atoms with Gasteiger partial charge in [-0.2, -0.15) is 0 Å². The lowest BCUT2D eigenvalue weighted by Crippen LogP contribution is -2.73. The van der Waals surface area contributed by atoms with Crippen molar-refractivity contribution in [3.8, 4) is 11.5 Å². The van der Waals surface area contributed by atoms with Gasteiger partial charge in [-0.25, -0.2) is 9.59 Å². The molecule has 3 atom stereocenters. The number of carbonyl (C=O) groups is 4. The molecule has 2 aromatic rings. The topological polar surface area (TPSA) is 149 Å². The van der Waals surface area contributed by atoms with Gasteiger partial charge in [0, 0.05) is 5.57 Å². The molecule has 2 aliphatic heterocycles. The van der Waals surface area contributed by atoms with E-state index >= 15 is 0 Å². The van der Waals surface area contributed by atoms with Gasteiger partial charge in [0.2, 0.25) is 5.91 Å². The van der Waals surface area contributed by atoms with Gasteiger partial charge in [0.05, 0.1) is 30.1 Å². The Balaban J connectivity index is 1.37. The highest BCUT2D eigenvalue weighted by Crippen LogP contribution is 2.35. The Hall–Kier alpha value is -4.19. The minimum absolute atomic E-state index is 0.0192. The fourth-order valence-corrected chi connectivity index (χ4v) is 5.66. The van der Waals surface area contributed by atoms with Crippen LogP contribution in [0.2, 0.25) is 0 Å². The molecule has 2 unspecified atom stereocenters. The molecule has 0 radical (unpaired) electrons. The van der Waals surface area contributed by atoms with Crippen LogP contribution in [0.15, 0.2) is 65.9 Å². The van der Waals surface area contributed by atoms with Crippen molar-refractivity contribution in [2.45, 2.75) is 17.8 Å². The molecule has 194 valence electrons. The fraction of sp³-hybridized carbons (Fsp3) is 0.280. The van der Waals surface area contributed by atoms with E-state index < -0.39 is 64.9 Å². The minimum atomic E-state index is -1.73. The zero-order chi connectivity index (χ0) is 26.5. The fourth-order valence-electron chi connectivity index (χ4n) is 3.99. The third kappa shape index (κ3) is 5.80. The standard InChI is InChI=1S/C25H24N2O9S/c1-34-17-7-9-18(10-8-17)35-13-20(29)36-12-16-14-37(33)24-21(23(30)27(24)22(16)25(31)32)26-19(28)11-15-5-3-2-4-6-15/h2-10,21,24H,11-14H2,1H3,(H,26,28)(H,31,32)/t21?,24-,37?/m0/s1. The van der Waals surface area contributed by atoms with E-state index in [1.807, 2.05) is 6.07 Å². The number of carbonyl (C=O) groups excluding carboxylic acids is 3. The van der Waals surface area contributed by atoms with Crippen LogP contribution in [0.5, 0.6) is 11.5 Å². The van der Waals surface area contributed by atoms with Gasteiger partial charge in [0.25, 0.3) is 5.91 Å². The van der Waals surface area contributed by atoms with E-state index in [4.69, 9.17) is 14.2 Å². The average molecular weight is 529 g/mol. The second kappa shape index (κ2) is 11.2. The lowest BCUT2D eigenvalue weighted by atomic mass is 10.0. The second-order valence-corrected chi connectivity index (χ2v) is 9.75. The Morgan fingerprint density at radius 2 is 1.76 bits per heavy atom. The molecule has 2 N–H and O–H groups in total. The van der Waals surface area contributed by atoms with E-state index in [1.54, 1.807) is 48.5 Å². The van der Waals surface area contributed by atoms with Crippen molar-refractivity contribution in [2.24, 2.45) is 0 Å². The number of rotatable bonds is 10. The number of β-lactam (4-membered cyclic amide) rings is 1. The molecule has 4 rings (SSSR count). The summed E-state index contributed by atoms with van der Waals surface area (Å²) >= 11 is 0. The Bertz CT molecular complexity index is 1260. The molecule has 2 amide bonds. The number of carboxylic acids is 1. The lowest BCUT2D eigenvalue weighted by molar-refractivity contribution is -0.151. The molecule has 2 aromatic carbocycles. The molecule has 0 saturated carbocycles. The highest BCUT2D eigenvalue weighted by Gasteiger charge is 2.57. The second-order valence-electron chi connectivity index (χ2n) is 8.21. The van der Waals surface area contributed by atoms with Gasteiger partial charge < -0.3 is 24.6 Å². The molecule has 0 aromatic heterocycles. The smallest absolute Gasteiger partial charge is 0.352 e. The highest BCUT2D eigenvalue weighted by molar-refractivity contribution is 7.86. The van der Waals surface area contributed by atoms with Crippen LogP contribution in [0.4, 0.5) is 0 Å². The number of esters is 1. The van der Waals surface area contributed by atoms with E-state index in [9.17, 15) is 28.5 Å². The Kier molecular flexibility index (Phi) is 7.87. The molecule has 0 aliphatic carbocycles. The summed E-state index contributed by atoms with van der Waals surface area (Å²) in [7, 11) is -0.208. The Labute approximate surface area is 214 Å². The number of amides is 2. The monoisotopic (exact) mass is 528 g/mol. The molecular weight excluding hydrogens is 504 g/mol. The molecule has 11 nitrogen and oxygen atoms in total. The van der Waals surface area contributed by atoms with Crippen LogP contribution >= 0.6 is 0 Å². The van der Waals surface area contributed by atoms with Crippen LogP contribution in [-0.4, -0.2) is 75.5 Å². The third-order valence-electron chi connectivity index (χ3n) is 5.75. The molecule has 1 saturated heterocycles. The zero-order valence-electron chi connectivity index (χ0n) is 19.7. The predicted molar refractivity (Wildman–Crippen MR) is 130 cm³/mol. The third-order valence-corrected chi connectivity index (χ3v) is 7.41. The van der Waals surface area contributed by atoms with Crippen molar-refractivity contribution in [3.05, 3.63) is 71.4 Å². The number of methoxy groups -OCH3 is 1. The Morgan fingerprint density at radius 1 is 1.08 bits per heavy atom. The SMILES string of the molecule is COc1ccc(OCC(=O)OCC2=C(C(=O)O)N3C(=O)C(NC(=O)Cc4ccccc4)[C@@H]3S(=O)C2)cc1. The number of ether oxygens (including phenoxy) is 3. The first kappa shape index (κ1) is 25.9. The van der Waals surface area contributed by atoms with E-state index in [0.29, 0.717) is 11.5 Å². The molecule has 2 heterocycles. The first-order valence-electron chi connectivity index (χ1n) is 11.2. The van der Waals surface area contributed by atoms with Crippen LogP contribution in [-0.2, 0) is 41.1 Å². The van der Waals surface area contributed by atoms with Crippen molar-refractivity contribution in [2.75, 3.05) is 26.1 Å². The summed E-state index contributed by atoms with van der Waals surface area (Å²) in [6, 6.07) is 14.3. The van der Waals surface area contributed by atoms with Gasteiger partial charge >= 0.3 is 11.9 Å². The van der Waals surface area contributed by atoms with Crippen LogP contribution in [0.3, 0.4) is 0 Å². The first-order chi connectivity index (χ1) is 17.8. The molecule has 1 fully saturated rings. The summed E-state index contributed by atoms with van der Waals surface area (Å²) < 4.78 is 28.4. The van der Waals surface area contributed by atoms with Crippen LogP contribution in [0.1, 0.15) is 5.56 Å². The number of hydrogen-bond acceptors (Lipinski definition) is 8. The zero-order valence-corrected chi connectivity index (χ0v) is 20.6. The van der Waals surface area contributed by atoms with Crippen molar-refractivity contribution >= 4 is 34.6 Å².